The van der Waals surface area contributed by atoms with E-state index < -0.39 is 0 Å². The number of rotatable bonds is 3. The van der Waals surface area contributed by atoms with Crippen LogP contribution in [0.4, 0.5) is 5.82 Å². The molecule has 1 heterocycles. The lowest BCUT2D eigenvalue weighted by atomic mass is 10.1. The SMILES string of the molecule is C=C(C)/C=C(C)\C=C\c1cc(C)cc(N)n1. The number of hydrogen-bond donors (Lipinski definition) is 1. The summed E-state index contributed by atoms with van der Waals surface area (Å²) in [7, 11) is 0. The summed E-state index contributed by atoms with van der Waals surface area (Å²) in [5, 5.41) is 0. The second-order valence-electron chi connectivity index (χ2n) is 4.06. The largest absolute Gasteiger partial charge is 0.384 e. The quantitative estimate of drug-likeness (QED) is 0.782. The van der Waals surface area contributed by atoms with Gasteiger partial charge >= 0.3 is 0 Å². The molecule has 0 aliphatic carbocycles. The molecule has 1 rings (SSSR count). The van der Waals surface area contributed by atoms with E-state index in [0.717, 1.165) is 22.4 Å². The van der Waals surface area contributed by atoms with Crippen molar-refractivity contribution >= 4 is 11.9 Å². The molecule has 2 nitrogen and oxygen atoms in total. The van der Waals surface area contributed by atoms with Gasteiger partial charge in [-0.15, -0.1) is 0 Å². The maximum absolute atomic E-state index is 5.67. The Kier molecular flexibility index (Phi) is 4.06. The van der Waals surface area contributed by atoms with Gasteiger partial charge in [-0.3, -0.25) is 0 Å². The first-order valence-electron chi connectivity index (χ1n) is 5.23. The molecule has 0 fully saturated rings. The molecule has 0 radical (unpaired) electrons. The lowest BCUT2D eigenvalue weighted by molar-refractivity contribution is 1.26. The van der Waals surface area contributed by atoms with E-state index >= 15 is 0 Å². The number of hydrogen-bond acceptors (Lipinski definition) is 2. The molecule has 0 aromatic carbocycles. The average Bonchev–Trinajstić information content (AvgIpc) is 2.12. The van der Waals surface area contributed by atoms with Gasteiger partial charge in [0.1, 0.15) is 5.82 Å². The number of nitrogens with two attached hydrogens (primary N) is 1. The van der Waals surface area contributed by atoms with Crippen LogP contribution < -0.4 is 5.73 Å². The molecule has 0 atom stereocenters. The standard InChI is InChI=1S/C14H18N2/c1-10(2)7-11(3)5-6-13-8-12(4)9-14(15)16-13/h5-9H,1H2,2-4H3,(H2,15,16)/b6-5+,11-7-. The van der Waals surface area contributed by atoms with Crippen molar-refractivity contribution in [2.24, 2.45) is 0 Å². The lowest BCUT2D eigenvalue weighted by Gasteiger charge is -1.99. The Bertz CT molecular complexity index is 434. The number of aryl methyl sites for hydroxylation is 1. The molecule has 16 heavy (non-hydrogen) atoms. The van der Waals surface area contributed by atoms with Gasteiger partial charge in [0.2, 0.25) is 0 Å². The molecule has 0 saturated heterocycles. The topological polar surface area (TPSA) is 38.9 Å². The summed E-state index contributed by atoms with van der Waals surface area (Å²) in [6.07, 6.45) is 5.99. The number of pyridine rings is 1. The van der Waals surface area contributed by atoms with Crippen molar-refractivity contribution in [2.75, 3.05) is 5.73 Å². The number of anilines is 1. The summed E-state index contributed by atoms with van der Waals surface area (Å²) in [5.41, 5.74) is 9.86. The molecule has 1 aromatic heterocycles. The molecule has 0 bridgehead atoms. The van der Waals surface area contributed by atoms with Crippen LogP contribution in [0.3, 0.4) is 0 Å². The Morgan fingerprint density at radius 1 is 1.38 bits per heavy atom. The van der Waals surface area contributed by atoms with E-state index in [-0.39, 0.29) is 0 Å². The minimum Gasteiger partial charge on any atom is -0.384 e. The van der Waals surface area contributed by atoms with Gasteiger partial charge in [0.25, 0.3) is 0 Å². The van der Waals surface area contributed by atoms with Crippen molar-refractivity contribution in [2.45, 2.75) is 20.8 Å². The molecule has 0 unspecified atom stereocenters. The number of nitrogen functional groups attached to an aromatic ring is 1. The van der Waals surface area contributed by atoms with Crippen LogP contribution in [0.15, 0.2) is 42.0 Å². The van der Waals surface area contributed by atoms with Crippen LogP contribution in [-0.4, -0.2) is 4.98 Å². The highest BCUT2D eigenvalue weighted by Gasteiger charge is 1.93. The van der Waals surface area contributed by atoms with Crippen molar-refractivity contribution in [1.82, 2.24) is 4.98 Å². The number of nitrogens with zero attached hydrogens (tertiary/aromatic N) is 1. The molecular formula is C14H18N2. The Morgan fingerprint density at radius 2 is 2.06 bits per heavy atom. The fourth-order valence-electron chi connectivity index (χ4n) is 1.46. The molecule has 0 spiro atoms. The highest BCUT2D eigenvalue weighted by atomic mass is 14.8. The highest BCUT2D eigenvalue weighted by Crippen LogP contribution is 2.09. The summed E-state index contributed by atoms with van der Waals surface area (Å²) in [6.45, 7) is 9.84. The smallest absolute Gasteiger partial charge is 0.124 e. The molecule has 0 aliphatic rings. The fraction of sp³-hybridized carbons (Fsp3) is 0.214. The van der Waals surface area contributed by atoms with E-state index in [1.165, 1.54) is 0 Å². The zero-order valence-electron chi connectivity index (χ0n) is 10.1. The van der Waals surface area contributed by atoms with Gasteiger partial charge in [-0.2, -0.15) is 0 Å². The van der Waals surface area contributed by atoms with Crippen LogP contribution in [0.1, 0.15) is 25.1 Å². The van der Waals surface area contributed by atoms with Crippen LogP contribution in [0, 0.1) is 6.92 Å². The highest BCUT2D eigenvalue weighted by molar-refractivity contribution is 5.53. The van der Waals surface area contributed by atoms with Crippen molar-refractivity contribution in [3.63, 3.8) is 0 Å². The first-order valence-corrected chi connectivity index (χ1v) is 5.23. The molecular weight excluding hydrogens is 196 g/mol. The van der Waals surface area contributed by atoms with Gasteiger partial charge in [-0.25, -0.2) is 4.98 Å². The van der Waals surface area contributed by atoms with Crippen molar-refractivity contribution in [1.29, 1.82) is 0 Å². The van der Waals surface area contributed by atoms with E-state index in [0.29, 0.717) is 5.82 Å². The minimum absolute atomic E-state index is 0.557. The average molecular weight is 214 g/mol. The molecule has 0 amide bonds. The van der Waals surface area contributed by atoms with E-state index in [4.69, 9.17) is 5.73 Å². The summed E-state index contributed by atoms with van der Waals surface area (Å²) in [5.74, 6) is 0.557. The third kappa shape index (κ3) is 4.13. The van der Waals surface area contributed by atoms with Crippen molar-refractivity contribution in [3.8, 4) is 0 Å². The second-order valence-corrected chi connectivity index (χ2v) is 4.06. The Labute approximate surface area is 97.2 Å². The van der Waals surface area contributed by atoms with E-state index in [9.17, 15) is 0 Å². The number of aromatic nitrogens is 1. The molecule has 1 aromatic rings. The van der Waals surface area contributed by atoms with Gasteiger partial charge in [-0.05, 0) is 44.5 Å². The molecule has 2 heteroatoms. The van der Waals surface area contributed by atoms with Gasteiger partial charge in [-0.1, -0.05) is 29.9 Å². The van der Waals surface area contributed by atoms with Crippen LogP contribution in [0.5, 0.6) is 0 Å². The first kappa shape index (κ1) is 12.2. The zero-order valence-corrected chi connectivity index (χ0v) is 10.1. The molecule has 84 valence electrons. The van der Waals surface area contributed by atoms with Gasteiger partial charge in [0.15, 0.2) is 0 Å². The van der Waals surface area contributed by atoms with Crippen LogP contribution in [-0.2, 0) is 0 Å². The Morgan fingerprint density at radius 3 is 2.62 bits per heavy atom. The van der Waals surface area contributed by atoms with Gasteiger partial charge in [0.05, 0.1) is 5.69 Å². The van der Waals surface area contributed by atoms with Crippen LogP contribution in [0.2, 0.25) is 0 Å². The first-order chi connectivity index (χ1) is 7.47. The van der Waals surface area contributed by atoms with Crippen molar-refractivity contribution < 1.29 is 0 Å². The van der Waals surface area contributed by atoms with Crippen LogP contribution >= 0.6 is 0 Å². The Balaban J connectivity index is 2.88. The zero-order chi connectivity index (χ0) is 12.1. The maximum Gasteiger partial charge on any atom is 0.124 e. The monoisotopic (exact) mass is 214 g/mol. The predicted molar refractivity (Wildman–Crippen MR) is 71.0 cm³/mol. The summed E-state index contributed by atoms with van der Waals surface area (Å²) < 4.78 is 0. The normalized spacial score (nSPS) is 12.1. The number of allylic oxidation sites excluding steroid dienone is 4. The lowest BCUT2D eigenvalue weighted by Crippen LogP contribution is -1.92. The van der Waals surface area contributed by atoms with Gasteiger partial charge in [0, 0.05) is 0 Å². The summed E-state index contributed by atoms with van der Waals surface area (Å²) >= 11 is 0. The van der Waals surface area contributed by atoms with Crippen LogP contribution in [0.25, 0.3) is 6.08 Å². The third-order valence-corrected chi connectivity index (χ3v) is 2.00. The molecule has 0 saturated carbocycles. The molecule has 0 aliphatic heterocycles. The summed E-state index contributed by atoms with van der Waals surface area (Å²) in [4.78, 5) is 4.23. The van der Waals surface area contributed by atoms with E-state index in [2.05, 4.69) is 11.6 Å². The van der Waals surface area contributed by atoms with Crippen molar-refractivity contribution in [3.05, 3.63) is 53.3 Å². The predicted octanol–water partition coefficient (Wildman–Crippen LogP) is 3.51. The molecule has 2 N–H and O–H groups in total. The minimum atomic E-state index is 0.557. The third-order valence-electron chi connectivity index (χ3n) is 2.00. The summed E-state index contributed by atoms with van der Waals surface area (Å²) in [6, 6.07) is 3.86. The van der Waals surface area contributed by atoms with E-state index in [1.807, 2.05) is 51.1 Å². The Hall–Kier alpha value is -1.83. The fourth-order valence-corrected chi connectivity index (χ4v) is 1.46. The maximum atomic E-state index is 5.67. The van der Waals surface area contributed by atoms with Gasteiger partial charge < -0.3 is 5.73 Å². The second kappa shape index (κ2) is 5.31. The van der Waals surface area contributed by atoms with E-state index in [1.54, 1.807) is 0 Å².